The van der Waals surface area contributed by atoms with Crippen LogP contribution in [0, 0.1) is 5.82 Å². The van der Waals surface area contributed by atoms with Crippen molar-refractivity contribution in [2.45, 2.75) is 6.92 Å². The number of esters is 1. The fraction of sp³-hybridized carbons (Fsp3) is 0.150. The van der Waals surface area contributed by atoms with Crippen molar-refractivity contribution < 1.29 is 23.5 Å². The lowest BCUT2D eigenvalue weighted by Gasteiger charge is -2.17. The number of methoxy groups -OCH3 is 1. The van der Waals surface area contributed by atoms with Crippen LogP contribution in [0.5, 0.6) is 5.75 Å². The van der Waals surface area contributed by atoms with Crippen molar-refractivity contribution in [2.75, 3.05) is 18.6 Å². The first-order valence-corrected chi connectivity index (χ1v) is 8.34. The predicted molar refractivity (Wildman–Crippen MR) is 97.1 cm³/mol. The van der Waals surface area contributed by atoms with Crippen molar-refractivity contribution in [1.82, 2.24) is 4.98 Å². The Morgan fingerprint density at radius 1 is 1.19 bits per heavy atom. The molecular weight excluding hydrogens is 351 g/mol. The molecule has 0 saturated carbocycles. The van der Waals surface area contributed by atoms with E-state index in [-0.39, 0.29) is 18.2 Å². The third kappa shape index (κ3) is 2.59. The van der Waals surface area contributed by atoms with E-state index < -0.39 is 11.8 Å². The number of nitrogens with zero attached hydrogens (tertiary/aromatic N) is 2. The molecule has 1 aromatic heterocycles. The molecule has 0 radical (unpaired) electrons. The van der Waals surface area contributed by atoms with Crippen LogP contribution in [-0.2, 0) is 4.74 Å². The van der Waals surface area contributed by atoms with Crippen molar-refractivity contribution in [1.29, 1.82) is 0 Å². The first-order valence-electron chi connectivity index (χ1n) is 8.34. The molecule has 0 fully saturated rings. The summed E-state index contributed by atoms with van der Waals surface area (Å²) in [5.74, 6) is -0.514. The SMILES string of the molecule is CCOC(=O)c1cc2c(OC)ccc3c2c(n1)N(c1ccc(F)cc1)C3=O. The minimum Gasteiger partial charge on any atom is -0.496 e. The van der Waals surface area contributed by atoms with Gasteiger partial charge in [-0.25, -0.2) is 14.2 Å². The normalized spacial score (nSPS) is 12.6. The molecule has 2 aromatic carbocycles. The van der Waals surface area contributed by atoms with E-state index in [2.05, 4.69) is 4.98 Å². The number of benzene rings is 2. The number of amides is 1. The molecular formula is C20H15FN2O4. The minimum atomic E-state index is -0.596. The Balaban J connectivity index is 1.99. The van der Waals surface area contributed by atoms with E-state index in [9.17, 15) is 14.0 Å². The van der Waals surface area contributed by atoms with Gasteiger partial charge >= 0.3 is 5.97 Å². The molecule has 0 aliphatic carbocycles. The molecule has 0 atom stereocenters. The summed E-state index contributed by atoms with van der Waals surface area (Å²) in [5, 5.41) is 1.16. The molecule has 0 bridgehead atoms. The monoisotopic (exact) mass is 366 g/mol. The highest BCUT2D eigenvalue weighted by Crippen LogP contribution is 2.43. The van der Waals surface area contributed by atoms with Crippen LogP contribution in [0.3, 0.4) is 0 Å². The fourth-order valence-electron chi connectivity index (χ4n) is 3.20. The van der Waals surface area contributed by atoms with Gasteiger partial charge in [-0.2, -0.15) is 0 Å². The Labute approximate surface area is 154 Å². The third-order valence-corrected chi connectivity index (χ3v) is 4.37. The summed E-state index contributed by atoms with van der Waals surface area (Å²) in [6.07, 6.45) is 0. The molecule has 6 nitrogen and oxygen atoms in total. The van der Waals surface area contributed by atoms with Gasteiger partial charge in [0, 0.05) is 10.8 Å². The van der Waals surface area contributed by atoms with Crippen molar-refractivity contribution in [3.63, 3.8) is 0 Å². The molecule has 4 rings (SSSR count). The highest BCUT2D eigenvalue weighted by Gasteiger charge is 2.34. The molecule has 3 aromatic rings. The van der Waals surface area contributed by atoms with Crippen molar-refractivity contribution in [3.8, 4) is 5.75 Å². The fourth-order valence-corrected chi connectivity index (χ4v) is 3.20. The van der Waals surface area contributed by atoms with E-state index in [4.69, 9.17) is 9.47 Å². The number of aromatic nitrogens is 1. The summed E-state index contributed by atoms with van der Waals surface area (Å²) in [5.41, 5.74) is 0.955. The maximum atomic E-state index is 13.3. The maximum Gasteiger partial charge on any atom is 0.357 e. The highest BCUT2D eigenvalue weighted by atomic mass is 19.1. The van der Waals surface area contributed by atoms with Crippen LogP contribution in [0.4, 0.5) is 15.9 Å². The molecule has 27 heavy (non-hydrogen) atoms. The maximum absolute atomic E-state index is 13.3. The summed E-state index contributed by atoms with van der Waals surface area (Å²) in [6, 6.07) is 10.4. The lowest BCUT2D eigenvalue weighted by molar-refractivity contribution is 0.0519. The second kappa shape index (κ2) is 6.35. The zero-order chi connectivity index (χ0) is 19.1. The number of halogens is 1. The number of hydrogen-bond donors (Lipinski definition) is 0. The average molecular weight is 366 g/mol. The number of ether oxygens (including phenoxy) is 2. The number of anilines is 2. The Morgan fingerprint density at radius 2 is 1.93 bits per heavy atom. The van der Waals surface area contributed by atoms with Crippen LogP contribution in [-0.4, -0.2) is 30.6 Å². The quantitative estimate of drug-likeness (QED) is 0.656. The van der Waals surface area contributed by atoms with Crippen LogP contribution in [0.15, 0.2) is 42.5 Å². The van der Waals surface area contributed by atoms with Gasteiger partial charge in [0.2, 0.25) is 0 Å². The van der Waals surface area contributed by atoms with Crippen molar-refractivity contribution in [3.05, 3.63) is 59.5 Å². The van der Waals surface area contributed by atoms with Gasteiger partial charge < -0.3 is 9.47 Å². The molecule has 1 aliphatic rings. The van der Waals surface area contributed by atoms with Gasteiger partial charge in [0.25, 0.3) is 5.91 Å². The number of carbonyl (C=O) groups is 2. The summed E-state index contributed by atoms with van der Waals surface area (Å²) in [4.78, 5) is 31.0. The Hall–Kier alpha value is -3.48. The van der Waals surface area contributed by atoms with Gasteiger partial charge in [0.1, 0.15) is 17.4 Å². The number of carbonyl (C=O) groups excluding carboxylic acids is 2. The van der Waals surface area contributed by atoms with E-state index in [0.717, 1.165) is 0 Å². The topological polar surface area (TPSA) is 68.7 Å². The second-order valence-corrected chi connectivity index (χ2v) is 5.91. The summed E-state index contributed by atoms with van der Waals surface area (Å²) < 4.78 is 23.8. The molecule has 136 valence electrons. The van der Waals surface area contributed by atoms with E-state index in [0.29, 0.717) is 33.6 Å². The highest BCUT2D eigenvalue weighted by molar-refractivity contribution is 6.28. The molecule has 2 heterocycles. The van der Waals surface area contributed by atoms with Crippen LogP contribution in [0.25, 0.3) is 10.8 Å². The molecule has 0 N–H and O–H groups in total. The predicted octanol–water partition coefficient (Wildman–Crippen LogP) is 3.85. The number of hydrogen-bond acceptors (Lipinski definition) is 5. The van der Waals surface area contributed by atoms with Gasteiger partial charge in [-0.05, 0) is 49.4 Å². The Bertz CT molecular complexity index is 1080. The van der Waals surface area contributed by atoms with Crippen molar-refractivity contribution >= 4 is 34.2 Å². The summed E-state index contributed by atoms with van der Waals surface area (Å²) >= 11 is 0. The second-order valence-electron chi connectivity index (χ2n) is 5.91. The van der Waals surface area contributed by atoms with Gasteiger partial charge in [-0.15, -0.1) is 0 Å². The number of rotatable bonds is 4. The van der Waals surface area contributed by atoms with Gasteiger partial charge in [0.05, 0.1) is 25.0 Å². The first kappa shape index (κ1) is 17.0. The average Bonchev–Trinajstić information content (AvgIpc) is 2.96. The Morgan fingerprint density at radius 3 is 2.59 bits per heavy atom. The van der Waals surface area contributed by atoms with Gasteiger partial charge in [-0.1, -0.05) is 0 Å². The molecule has 7 heteroatoms. The van der Waals surface area contributed by atoms with Crippen LogP contribution >= 0.6 is 0 Å². The summed E-state index contributed by atoms with van der Waals surface area (Å²) in [6.45, 7) is 1.90. The van der Waals surface area contributed by atoms with E-state index in [1.165, 1.54) is 36.3 Å². The zero-order valence-corrected chi connectivity index (χ0v) is 14.7. The van der Waals surface area contributed by atoms with E-state index in [1.54, 1.807) is 25.1 Å². The lowest BCUT2D eigenvalue weighted by Crippen LogP contribution is -2.22. The molecule has 1 aliphatic heterocycles. The smallest absolute Gasteiger partial charge is 0.357 e. The zero-order valence-electron chi connectivity index (χ0n) is 14.7. The van der Waals surface area contributed by atoms with Crippen LogP contribution < -0.4 is 9.64 Å². The van der Waals surface area contributed by atoms with Gasteiger partial charge in [-0.3, -0.25) is 9.69 Å². The molecule has 0 unspecified atom stereocenters. The molecule has 1 amide bonds. The van der Waals surface area contributed by atoms with Gasteiger partial charge in [0.15, 0.2) is 5.69 Å². The van der Waals surface area contributed by atoms with Crippen molar-refractivity contribution in [2.24, 2.45) is 0 Å². The molecule has 0 spiro atoms. The first-order chi connectivity index (χ1) is 13.0. The standard InChI is InChI=1S/C20H15FN2O4/c1-3-27-20(25)15-10-14-16(26-2)9-8-13-17(14)18(22-15)23(19(13)24)12-6-4-11(21)5-7-12/h4-10H,3H2,1-2H3. The summed E-state index contributed by atoms with van der Waals surface area (Å²) in [7, 11) is 1.51. The number of pyridine rings is 1. The van der Waals surface area contributed by atoms with E-state index in [1.807, 2.05) is 0 Å². The molecule has 0 saturated heterocycles. The lowest BCUT2D eigenvalue weighted by atomic mass is 10.1. The largest absolute Gasteiger partial charge is 0.496 e. The van der Waals surface area contributed by atoms with Crippen LogP contribution in [0.2, 0.25) is 0 Å². The third-order valence-electron chi connectivity index (χ3n) is 4.37. The Kier molecular flexibility index (Phi) is 3.99. The van der Waals surface area contributed by atoms with Crippen LogP contribution in [0.1, 0.15) is 27.8 Å². The van der Waals surface area contributed by atoms with E-state index >= 15 is 0 Å². The minimum absolute atomic E-state index is 0.0663.